The number of carbonyl (C=O) groups is 1. The molecular weight excluding hydrogens is 236 g/mol. The monoisotopic (exact) mass is 250 g/mol. The van der Waals surface area contributed by atoms with E-state index in [1.54, 1.807) is 24.3 Å². The molecule has 0 fully saturated rings. The SMILES string of the molecule is O=C(CNC1CC=CC1)Nc1ccc(Cl)cc1. The summed E-state index contributed by atoms with van der Waals surface area (Å²) in [4.78, 5) is 11.6. The van der Waals surface area contributed by atoms with Gasteiger partial charge < -0.3 is 10.6 Å². The summed E-state index contributed by atoms with van der Waals surface area (Å²) in [5.41, 5.74) is 0.769. The zero-order chi connectivity index (χ0) is 12.1. The number of carbonyl (C=O) groups excluding carboxylic acids is 1. The summed E-state index contributed by atoms with van der Waals surface area (Å²) in [6.07, 6.45) is 6.28. The molecule has 3 nitrogen and oxygen atoms in total. The molecule has 1 aliphatic rings. The number of anilines is 1. The van der Waals surface area contributed by atoms with E-state index in [4.69, 9.17) is 11.6 Å². The van der Waals surface area contributed by atoms with E-state index in [2.05, 4.69) is 22.8 Å². The number of amides is 1. The third-order valence-electron chi connectivity index (χ3n) is 2.69. The topological polar surface area (TPSA) is 41.1 Å². The highest BCUT2D eigenvalue weighted by atomic mass is 35.5. The molecule has 1 amide bonds. The summed E-state index contributed by atoms with van der Waals surface area (Å²) in [7, 11) is 0. The highest BCUT2D eigenvalue weighted by Gasteiger charge is 2.11. The van der Waals surface area contributed by atoms with Crippen molar-refractivity contribution in [2.75, 3.05) is 11.9 Å². The highest BCUT2D eigenvalue weighted by molar-refractivity contribution is 6.30. The summed E-state index contributed by atoms with van der Waals surface area (Å²) in [6, 6.07) is 7.50. The molecule has 4 heteroatoms. The van der Waals surface area contributed by atoms with Gasteiger partial charge in [0.05, 0.1) is 6.54 Å². The Hall–Kier alpha value is -1.32. The van der Waals surface area contributed by atoms with Crippen molar-refractivity contribution in [3.63, 3.8) is 0 Å². The van der Waals surface area contributed by atoms with Crippen LogP contribution in [0, 0.1) is 0 Å². The van der Waals surface area contributed by atoms with Gasteiger partial charge in [-0.25, -0.2) is 0 Å². The van der Waals surface area contributed by atoms with E-state index in [9.17, 15) is 4.79 Å². The molecule has 0 unspecified atom stereocenters. The van der Waals surface area contributed by atoms with E-state index < -0.39 is 0 Å². The molecule has 1 aliphatic carbocycles. The van der Waals surface area contributed by atoms with Crippen LogP contribution in [0.2, 0.25) is 5.02 Å². The first-order chi connectivity index (χ1) is 8.24. The van der Waals surface area contributed by atoms with Gasteiger partial charge >= 0.3 is 0 Å². The van der Waals surface area contributed by atoms with Crippen LogP contribution in [0.4, 0.5) is 5.69 Å². The number of benzene rings is 1. The van der Waals surface area contributed by atoms with E-state index in [1.807, 2.05) is 0 Å². The van der Waals surface area contributed by atoms with Crippen LogP contribution in [0.1, 0.15) is 12.8 Å². The van der Waals surface area contributed by atoms with Crippen molar-refractivity contribution in [2.24, 2.45) is 0 Å². The fourth-order valence-corrected chi connectivity index (χ4v) is 1.89. The van der Waals surface area contributed by atoms with Crippen LogP contribution in [0.15, 0.2) is 36.4 Å². The molecular formula is C13H15ClN2O. The van der Waals surface area contributed by atoms with Crippen molar-refractivity contribution in [1.29, 1.82) is 0 Å². The largest absolute Gasteiger partial charge is 0.325 e. The van der Waals surface area contributed by atoms with E-state index >= 15 is 0 Å². The number of rotatable bonds is 4. The van der Waals surface area contributed by atoms with Crippen LogP contribution in [0.3, 0.4) is 0 Å². The van der Waals surface area contributed by atoms with Gasteiger partial charge in [0.2, 0.25) is 5.91 Å². The molecule has 2 N–H and O–H groups in total. The molecule has 0 spiro atoms. The first-order valence-corrected chi connectivity index (χ1v) is 6.05. The summed E-state index contributed by atoms with van der Waals surface area (Å²) in [5.74, 6) is -0.0285. The minimum absolute atomic E-state index is 0.0285. The minimum atomic E-state index is -0.0285. The number of halogens is 1. The summed E-state index contributed by atoms with van der Waals surface area (Å²) in [6.45, 7) is 0.342. The molecule has 0 bridgehead atoms. The standard InChI is InChI=1S/C13H15ClN2O/c14-10-5-7-12(8-6-10)16-13(17)9-15-11-3-1-2-4-11/h1-2,5-8,11,15H,3-4,9H2,(H,16,17). The smallest absolute Gasteiger partial charge is 0.238 e. The quantitative estimate of drug-likeness (QED) is 0.807. The van der Waals surface area contributed by atoms with Crippen molar-refractivity contribution in [2.45, 2.75) is 18.9 Å². The van der Waals surface area contributed by atoms with Crippen LogP contribution in [0.5, 0.6) is 0 Å². The van der Waals surface area contributed by atoms with Gasteiger partial charge in [0.15, 0.2) is 0 Å². The van der Waals surface area contributed by atoms with Gasteiger partial charge in [0.25, 0.3) is 0 Å². The van der Waals surface area contributed by atoms with Crippen LogP contribution in [0.25, 0.3) is 0 Å². The molecule has 2 rings (SSSR count). The summed E-state index contributed by atoms with van der Waals surface area (Å²) < 4.78 is 0. The molecule has 90 valence electrons. The zero-order valence-corrected chi connectivity index (χ0v) is 10.2. The van der Waals surface area contributed by atoms with Crippen molar-refractivity contribution in [1.82, 2.24) is 5.32 Å². The van der Waals surface area contributed by atoms with Gasteiger partial charge in [0.1, 0.15) is 0 Å². The Labute approximate surface area is 106 Å². The van der Waals surface area contributed by atoms with Crippen LogP contribution in [-0.4, -0.2) is 18.5 Å². The van der Waals surface area contributed by atoms with Crippen LogP contribution < -0.4 is 10.6 Å². The van der Waals surface area contributed by atoms with E-state index in [0.29, 0.717) is 17.6 Å². The van der Waals surface area contributed by atoms with Gasteiger partial charge in [-0.1, -0.05) is 23.8 Å². The number of hydrogen-bond acceptors (Lipinski definition) is 2. The Kier molecular flexibility index (Phi) is 4.18. The Morgan fingerprint density at radius 2 is 1.88 bits per heavy atom. The Morgan fingerprint density at radius 1 is 1.24 bits per heavy atom. The maximum absolute atomic E-state index is 11.6. The lowest BCUT2D eigenvalue weighted by Gasteiger charge is -2.11. The maximum Gasteiger partial charge on any atom is 0.238 e. The zero-order valence-electron chi connectivity index (χ0n) is 9.45. The van der Waals surface area contributed by atoms with E-state index in [-0.39, 0.29) is 5.91 Å². The van der Waals surface area contributed by atoms with Gasteiger partial charge in [-0.15, -0.1) is 0 Å². The molecule has 0 aromatic heterocycles. The lowest BCUT2D eigenvalue weighted by Crippen LogP contribution is -2.34. The van der Waals surface area contributed by atoms with Gasteiger partial charge in [-0.05, 0) is 37.1 Å². The fourth-order valence-electron chi connectivity index (χ4n) is 1.76. The third-order valence-corrected chi connectivity index (χ3v) is 2.94. The second kappa shape index (κ2) is 5.84. The Morgan fingerprint density at radius 3 is 2.53 bits per heavy atom. The first kappa shape index (κ1) is 12.1. The lowest BCUT2D eigenvalue weighted by atomic mass is 10.2. The van der Waals surface area contributed by atoms with Crippen molar-refractivity contribution in [3.05, 3.63) is 41.4 Å². The average molecular weight is 251 g/mol. The molecule has 0 atom stereocenters. The first-order valence-electron chi connectivity index (χ1n) is 5.68. The number of nitrogens with one attached hydrogen (secondary N) is 2. The number of hydrogen-bond donors (Lipinski definition) is 2. The molecule has 0 radical (unpaired) electrons. The summed E-state index contributed by atoms with van der Waals surface area (Å²) >= 11 is 5.76. The van der Waals surface area contributed by atoms with Crippen molar-refractivity contribution in [3.8, 4) is 0 Å². The predicted octanol–water partition coefficient (Wildman–Crippen LogP) is 2.59. The molecule has 1 aromatic carbocycles. The second-order valence-corrected chi connectivity index (χ2v) is 4.51. The normalized spacial score (nSPS) is 15.1. The lowest BCUT2D eigenvalue weighted by molar-refractivity contribution is -0.115. The molecule has 0 aliphatic heterocycles. The fraction of sp³-hybridized carbons (Fsp3) is 0.308. The van der Waals surface area contributed by atoms with E-state index in [0.717, 1.165) is 18.5 Å². The molecule has 0 saturated carbocycles. The molecule has 0 heterocycles. The Bertz CT molecular complexity index is 406. The maximum atomic E-state index is 11.6. The van der Waals surface area contributed by atoms with Gasteiger partial charge in [-0.2, -0.15) is 0 Å². The van der Waals surface area contributed by atoms with Crippen molar-refractivity contribution >= 4 is 23.2 Å². The van der Waals surface area contributed by atoms with Crippen molar-refractivity contribution < 1.29 is 4.79 Å². The van der Waals surface area contributed by atoms with Crippen LogP contribution >= 0.6 is 11.6 Å². The minimum Gasteiger partial charge on any atom is -0.325 e. The average Bonchev–Trinajstić information content (AvgIpc) is 2.83. The second-order valence-electron chi connectivity index (χ2n) is 4.08. The third kappa shape index (κ3) is 3.88. The van der Waals surface area contributed by atoms with Gasteiger partial charge in [0, 0.05) is 16.8 Å². The molecule has 0 saturated heterocycles. The van der Waals surface area contributed by atoms with E-state index in [1.165, 1.54) is 0 Å². The highest BCUT2D eigenvalue weighted by Crippen LogP contribution is 2.13. The predicted molar refractivity (Wildman–Crippen MR) is 70.2 cm³/mol. The van der Waals surface area contributed by atoms with Gasteiger partial charge in [-0.3, -0.25) is 4.79 Å². The summed E-state index contributed by atoms with van der Waals surface area (Å²) in [5, 5.41) is 6.69. The van der Waals surface area contributed by atoms with Crippen LogP contribution in [-0.2, 0) is 4.79 Å². The molecule has 17 heavy (non-hydrogen) atoms. The molecule has 1 aromatic rings. The Balaban J connectivity index is 1.75.